The summed E-state index contributed by atoms with van der Waals surface area (Å²) in [5, 5.41) is 14.9. The molecule has 1 fully saturated rings. The number of aromatic amines is 1. The van der Waals surface area contributed by atoms with Crippen molar-refractivity contribution in [2.75, 3.05) is 41.7 Å². The smallest absolute Gasteiger partial charge is 0.278 e. The first-order chi connectivity index (χ1) is 14.6. The van der Waals surface area contributed by atoms with Crippen molar-refractivity contribution in [1.29, 1.82) is 0 Å². The molecule has 11 heteroatoms. The molecule has 0 saturated carbocycles. The SMILES string of the molecule is O=C(Nc1c[nH]nc1C(=O)Nc1ccc(N2CCNCC2)nc1)c1cncc(F)c1. The van der Waals surface area contributed by atoms with Crippen LogP contribution in [0.4, 0.5) is 21.6 Å². The van der Waals surface area contributed by atoms with Crippen LogP contribution in [0.15, 0.2) is 43.0 Å². The van der Waals surface area contributed by atoms with Crippen LogP contribution in [0.2, 0.25) is 0 Å². The van der Waals surface area contributed by atoms with Crippen LogP contribution in [0, 0.1) is 5.82 Å². The van der Waals surface area contributed by atoms with Gasteiger partial charge in [-0.05, 0) is 18.2 Å². The lowest BCUT2D eigenvalue weighted by Crippen LogP contribution is -2.43. The molecule has 3 aromatic rings. The zero-order valence-corrected chi connectivity index (χ0v) is 15.9. The predicted molar refractivity (Wildman–Crippen MR) is 108 cm³/mol. The zero-order chi connectivity index (χ0) is 20.9. The molecule has 0 aliphatic carbocycles. The summed E-state index contributed by atoms with van der Waals surface area (Å²) in [6.45, 7) is 3.55. The van der Waals surface area contributed by atoms with Gasteiger partial charge in [0.2, 0.25) is 0 Å². The maximum Gasteiger partial charge on any atom is 0.278 e. The maximum atomic E-state index is 13.3. The van der Waals surface area contributed by atoms with Crippen molar-refractivity contribution in [2.45, 2.75) is 0 Å². The van der Waals surface area contributed by atoms with Crippen molar-refractivity contribution >= 4 is 29.0 Å². The van der Waals surface area contributed by atoms with Crippen LogP contribution in [-0.4, -0.2) is 58.2 Å². The van der Waals surface area contributed by atoms with Crippen LogP contribution in [0.3, 0.4) is 0 Å². The third-order valence-electron chi connectivity index (χ3n) is 4.52. The molecule has 10 nitrogen and oxygen atoms in total. The van der Waals surface area contributed by atoms with E-state index in [1.807, 2.05) is 6.07 Å². The van der Waals surface area contributed by atoms with Gasteiger partial charge in [0, 0.05) is 38.6 Å². The monoisotopic (exact) mass is 410 g/mol. The van der Waals surface area contributed by atoms with Crippen molar-refractivity contribution in [1.82, 2.24) is 25.5 Å². The average Bonchev–Trinajstić information content (AvgIpc) is 3.23. The molecule has 4 heterocycles. The van der Waals surface area contributed by atoms with Gasteiger partial charge in [0.1, 0.15) is 11.6 Å². The van der Waals surface area contributed by atoms with Crippen LogP contribution in [0.5, 0.6) is 0 Å². The molecule has 0 atom stereocenters. The van der Waals surface area contributed by atoms with Crippen LogP contribution >= 0.6 is 0 Å². The first kappa shape index (κ1) is 19.5. The highest BCUT2D eigenvalue weighted by Gasteiger charge is 2.18. The van der Waals surface area contributed by atoms with E-state index < -0.39 is 17.6 Å². The Morgan fingerprint density at radius 3 is 2.63 bits per heavy atom. The largest absolute Gasteiger partial charge is 0.354 e. The Balaban J connectivity index is 1.42. The summed E-state index contributed by atoms with van der Waals surface area (Å²) >= 11 is 0. The second-order valence-corrected chi connectivity index (χ2v) is 6.59. The minimum absolute atomic E-state index is 0.0149. The summed E-state index contributed by atoms with van der Waals surface area (Å²) in [6.07, 6.45) is 5.16. The highest BCUT2D eigenvalue weighted by atomic mass is 19.1. The van der Waals surface area contributed by atoms with Gasteiger partial charge in [-0.3, -0.25) is 19.7 Å². The quantitative estimate of drug-likeness (QED) is 0.498. The van der Waals surface area contributed by atoms with E-state index in [4.69, 9.17) is 0 Å². The Hall–Kier alpha value is -3.86. The van der Waals surface area contributed by atoms with Gasteiger partial charge in [-0.15, -0.1) is 0 Å². The fourth-order valence-electron chi connectivity index (χ4n) is 3.02. The van der Waals surface area contributed by atoms with Crippen molar-refractivity contribution in [3.63, 3.8) is 0 Å². The van der Waals surface area contributed by atoms with Crippen LogP contribution in [-0.2, 0) is 0 Å². The molecule has 2 amide bonds. The number of halogens is 1. The standard InChI is InChI=1S/C19H19FN8O2/c20-13-7-12(8-22-9-13)18(29)26-15-11-24-27-17(15)19(30)25-14-1-2-16(23-10-14)28-5-3-21-4-6-28/h1-2,7-11,21H,3-6H2,(H,24,27)(H,25,30)(H,26,29). The number of carbonyl (C=O) groups is 2. The normalized spacial score (nSPS) is 13.7. The van der Waals surface area contributed by atoms with E-state index >= 15 is 0 Å². The number of amides is 2. The van der Waals surface area contributed by atoms with E-state index in [0.29, 0.717) is 5.69 Å². The van der Waals surface area contributed by atoms with E-state index in [1.54, 1.807) is 12.3 Å². The summed E-state index contributed by atoms with van der Waals surface area (Å²) in [5.74, 6) is -0.935. The summed E-state index contributed by atoms with van der Waals surface area (Å²) in [6, 6.07) is 4.64. The highest BCUT2D eigenvalue weighted by molar-refractivity contribution is 6.11. The second kappa shape index (κ2) is 8.66. The molecule has 0 bridgehead atoms. The number of hydrogen-bond acceptors (Lipinski definition) is 7. The molecule has 4 rings (SSSR count). The molecule has 30 heavy (non-hydrogen) atoms. The van der Waals surface area contributed by atoms with Crippen molar-refractivity contribution in [3.8, 4) is 0 Å². The number of nitrogens with one attached hydrogen (secondary N) is 4. The Bertz CT molecular complexity index is 1050. The number of H-pyrrole nitrogens is 1. The molecule has 4 N–H and O–H groups in total. The third-order valence-corrected chi connectivity index (χ3v) is 4.52. The molecule has 1 aliphatic heterocycles. The molecular formula is C19H19FN8O2. The third kappa shape index (κ3) is 4.41. The summed E-state index contributed by atoms with van der Waals surface area (Å²) in [5.41, 5.74) is 0.662. The number of anilines is 3. The molecule has 0 spiro atoms. The number of pyridine rings is 2. The van der Waals surface area contributed by atoms with Crippen LogP contribution < -0.4 is 20.9 Å². The van der Waals surface area contributed by atoms with E-state index in [-0.39, 0.29) is 16.9 Å². The van der Waals surface area contributed by atoms with Crippen molar-refractivity contribution < 1.29 is 14.0 Å². The lowest BCUT2D eigenvalue weighted by atomic mass is 10.2. The Morgan fingerprint density at radius 1 is 1.07 bits per heavy atom. The van der Waals surface area contributed by atoms with Crippen molar-refractivity contribution in [3.05, 3.63) is 60.1 Å². The number of hydrogen-bond donors (Lipinski definition) is 4. The van der Waals surface area contributed by atoms with Gasteiger partial charge < -0.3 is 20.9 Å². The van der Waals surface area contributed by atoms with E-state index in [0.717, 1.165) is 44.3 Å². The molecule has 0 radical (unpaired) electrons. The molecule has 1 saturated heterocycles. The van der Waals surface area contributed by atoms with Crippen LogP contribution in [0.25, 0.3) is 0 Å². The van der Waals surface area contributed by atoms with Gasteiger partial charge in [0.15, 0.2) is 5.69 Å². The number of aromatic nitrogens is 4. The zero-order valence-electron chi connectivity index (χ0n) is 15.9. The van der Waals surface area contributed by atoms with Crippen LogP contribution in [0.1, 0.15) is 20.8 Å². The Morgan fingerprint density at radius 2 is 1.90 bits per heavy atom. The molecule has 154 valence electrons. The average molecular weight is 410 g/mol. The molecule has 1 aliphatic rings. The predicted octanol–water partition coefficient (Wildman–Crippen LogP) is 1.25. The Labute approximate surface area is 170 Å². The maximum absolute atomic E-state index is 13.3. The molecular weight excluding hydrogens is 391 g/mol. The second-order valence-electron chi connectivity index (χ2n) is 6.59. The summed E-state index contributed by atoms with van der Waals surface area (Å²) < 4.78 is 13.3. The fourth-order valence-corrected chi connectivity index (χ4v) is 3.02. The first-order valence-electron chi connectivity index (χ1n) is 9.29. The molecule has 3 aromatic heterocycles. The number of carbonyl (C=O) groups excluding carboxylic acids is 2. The number of piperazine rings is 1. The number of nitrogens with zero attached hydrogens (tertiary/aromatic N) is 4. The summed E-state index contributed by atoms with van der Waals surface area (Å²) in [7, 11) is 0. The van der Waals surface area contributed by atoms with Gasteiger partial charge in [-0.25, -0.2) is 9.37 Å². The minimum atomic E-state index is -0.635. The highest BCUT2D eigenvalue weighted by Crippen LogP contribution is 2.18. The van der Waals surface area contributed by atoms with E-state index in [9.17, 15) is 14.0 Å². The van der Waals surface area contributed by atoms with Gasteiger partial charge in [0.25, 0.3) is 11.8 Å². The topological polar surface area (TPSA) is 128 Å². The molecule has 0 aromatic carbocycles. The lowest BCUT2D eigenvalue weighted by Gasteiger charge is -2.28. The fraction of sp³-hybridized carbons (Fsp3) is 0.211. The molecule has 0 unspecified atom stereocenters. The van der Waals surface area contributed by atoms with E-state index in [2.05, 4.69) is 41.0 Å². The van der Waals surface area contributed by atoms with E-state index in [1.165, 1.54) is 12.4 Å². The lowest BCUT2D eigenvalue weighted by molar-refractivity contribution is 0.102. The first-order valence-corrected chi connectivity index (χ1v) is 9.29. The van der Waals surface area contributed by atoms with Gasteiger partial charge in [0.05, 0.1) is 29.3 Å². The van der Waals surface area contributed by atoms with Gasteiger partial charge in [-0.2, -0.15) is 5.10 Å². The minimum Gasteiger partial charge on any atom is -0.354 e. The number of rotatable bonds is 5. The summed E-state index contributed by atoms with van der Waals surface area (Å²) in [4.78, 5) is 35.1. The van der Waals surface area contributed by atoms with Crippen molar-refractivity contribution in [2.24, 2.45) is 0 Å². The van der Waals surface area contributed by atoms with Gasteiger partial charge >= 0.3 is 0 Å². The Kier molecular flexibility index (Phi) is 5.61. The van der Waals surface area contributed by atoms with Gasteiger partial charge in [-0.1, -0.05) is 0 Å².